The highest BCUT2D eigenvalue weighted by atomic mass is 79.9. The van der Waals surface area contributed by atoms with Crippen molar-refractivity contribution in [2.45, 2.75) is 19.4 Å². The molecule has 0 aliphatic heterocycles. The van der Waals surface area contributed by atoms with Crippen LogP contribution in [0.25, 0.3) is 0 Å². The predicted molar refractivity (Wildman–Crippen MR) is 78.7 cm³/mol. The van der Waals surface area contributed by atoms with Crippen molar-refractivity contribution in [2.24, 2.45) is 16.7 Å². The molecule has 5 nitrogen and oxygen atoms in total. The topological polar surface area (TPSA) is 79.7 Å². The van der Waals surface area contributed by atoms with Gasteiger partial charge in [0.25, 0.3) is 0 Å². The molecule has 1 atom stereocenters. The molecule has 7 heteroatoms. The van der Waals surface area contributed by atoms with Crippen molar-refractivity contribution in [3.8, 4) is 0 Å². The lowest BCUT2D eigenvalue weighted by Gasteiger charge is -2.25. The van der Waals surface area contributed by atoms with Crippen molar-refractivity contribution in [3.05, 3.63) is 34.1 Å². The fourth-order valence-corrected chi connectivity index (χ4v) is 2.10. The van der Waals surface area contributed by atoms with Crippen molar-refractivity contribution in [2.75, 3.05) is 13.6 Å². The molecular formula is C12H19BrFN5. The first-order chi connectivity index (χ1) is 8.95. The second-order valence-electron chi connectivity index (χ2n) is 4.20. The quantitative estimate of drug-likeness (QED) is 0.321. The molecule has 0 saturated heterocycles. The second-order valence-corrected chi connectivity index (χ2v) is 5.06. The van der Waals surface area contributed by atoms with Crippen LogP contribution in [0.2, 0.25) is 0 Å². The Labute approximate surface area is 120 Å². The molecule has 1 aromatic rings. The molecule has 5 N–H and O–H groups in total. The number of rotatable bonds is 6. The average molecular weight is 332 g/mol. The Morgan fingerprint density at radius 2 is 2.26 bits per heavy atom. The van der Waals surface area contributed by atoms with Crippen molar-refractivity contribution < 1.29 is 4.39 Å². The zero-order chi connectivity index (χ0) is 14.4. The largest absolute Gasteiger partial charge is 0.386 e. The first kappa shape index (κ1) is 15.9. The van der Waals surface area contributed by atoms with E-state index in [0.717, 1.165) is 18.5 Å². The summed E-state index contributed by atoms with van der Waals surface area (Å²) in [5.41, 5.74) is 6.41. The lowest BCUT2D eigenvalue weighted by molar-refractivity contribution is 0.200. The van der Waals surface area contributed by atoms with Crippen LogP contribution >= 0.6 is 15.9 Å². The van der Waals surface area contributed by atoms with E-state index in [1.807, 2.05) is 7.05 Å². The maximum absolute atomic E-state index is 13.3. The maximum atomic E-state index is 13.3. The molecule has 1 rings (SSSR count). The van der Waals surface area contributed by atoms with E-state index in [2.05, 4.69) is 26.3 Å². The summed E-state index contributed by atoms with van der Waals surface area (Å²) in [7, 11) is 1.86. The van der Waals surface area contributed by atoms with E-state index in [1.54, 1.807) is 19.1 Å². The van der Waals surface area contributed by atoms with Crippen LogP contribution in [0.15, 0.2) is 27.8 Å². The van der Waals surface area contributed by atoms with Gasteiger partial charge < -0.3 is 11.1 Å². The first-order valence-electron chi connectivity index (χ1n) is 5.90. The SMILES string of the molecule is CNCCC(c1ccc(F)c(Br)c1)N(N)/N=C(/C)N. The molecule has 0 radical (unpaired) electrons. The van der Waals surface area contributed by atoms with Crippen LogP contribution in [0.4, 0.5) is 4.39 Å². The molecule has 19 heavy (non-hydrogen) atoms. The highest BCUT2D eigenvalue weighted by Crippen LogP contribution is 2.26. The van der Waals surface area contributed by atoms with Gasteiger partial charge in [0.1, 0.15) is 11.7 Å². The maximum Gasteiger partial charge on any atom is 0.137 e. The third-order valence-corrected chi connectivity index (χ3v) is 3.20. The predicted octanol–water partition coefficient (Wildman–Crippen LogP) is 1.71. The Morgan fingerprint density at radius 3 is 2.79 bits per heavy atom. The molecule has 0 fully saturated rings. The molecule has 0 heterocycles. The van der Waals surface area contributed by atoms with E-state index >= 15 is 0 Å². The molecule has 0 bridgehead atoms. The number of hydrazine groups is 1. The minimum Gasteiger partial charge on any atom is -0.386 e. The van der Waals surface area contributed by atoms with E-state index in [0.29, 0.717) is 10.3 Å². The molecule has 0 aliphatic carbocycles. The van der Waals surface area contributed by atoms with Crippen molar-refractivity contribution in [3.63, 3.8) is 0 Å². The Bertz CT molecular complexity index is 448. The monoisotopic (exact) mass is 331 g/mol. The summed E-state index contributed by atoms with van der Waals surface area (Å²) >= 11 is 3.17. The fraction of sp³-hybridized carbons (Fsp3) is 0.417. The van der Waals surface area contributed by atoms with Crippen molar-refractivity contribution >= 4 is 21.8 Å². The molecule has 1 aromatic carbocycles. The van der Waals surface area contributed by atoms with Crippen LogP contribution in [0, 0.1) is 5.82 Å². The van der Waals surface area contributed by atoms with Crippen LogP contribution in [-0.2, 0) is 0 Å². The molecule has 0 aliphatic rings. The van der Waals surface area contributed by atoms with Crippen molar-refractivity contribution in [1.82, 2.24) is 10.4 Å². The Balaban J connectivity index is 3.01. The fourth-order valence-electron chi connectivity index (χ4n) is 1.70. The van der Waals surface area contributed by atoms with Crippen molar-refractivity contribution in [1.29, 1.82) is 0 Å². The smallest absolute Gasteiger partial charge is 0.137 e. The van der Waals surface area contributed by atoms with Crippen LogP contribution in [0.3, 0.4) is 0 Å². The number of halogens is 2. The van der Waals surface area contributed by atoms with Gasteiger partial charge in [0.2, 0.25) is 0 Å². The molecule has 0 saturated carbocycles. The summed E-state index contributed by atoms with van der Waals surface area (Å²) in [5.74, 6) is 5.97. The summed E-state index contributed by atoms with van der Waals surface area (Å²) < 4.78 is 13.7. The zero-order valence-corrected chi connectivity index (χ0v) is 12.6. The molecule has 106 valence electrons. The Kier molecular flexibility index (Phi) is 6.20. The standard InChI is InChI=1S/C12H19BrFN5/c1-8(15)18-19(16)12(5-6-17-2)9-3-4-11(14)10(13)7-9/h3-4,7,12,17H,5-6,16H2,1-2H3,(H2,15,18). The van der Waals surface area contributed by atoms with Gasteiger partial charge in [-0.2, -0.15) is 0 Å². The molecule has 0 amide bonds. The lowest BCUT2D eigenvalue weighted by atomic mass is 10.0. The summed E-state index contributed by atoms with van der Waals surface area (Å²) in [6, 6.07) is 4.62. The number of hydrogen-bond donors (Lipinski definition) is 3. The van der Waals surface area contributed by atoms with Gasteiger partial charge in [-0.25, -0.2) is 15.4 Å². The number of benzene rings is 1. The normalized spacial score (nSPS) is 13.4. The van der Waals surface area contributed by atoms with Gasteiger partial charge >= 0.3 is 0 Å². The minimum atomic E-state index is -0.307. The van der Waals surface area contributed by atoms with Gasteiger partial charge in [-0.3, -0.25) is 0 Å². The van der Waals surface area contributed by atoms with E-state index in [1.165, 1.54) is 11.2 Å². The molecular weight excluding hydrogens is 313 g/mol. The summed E-state index contributed by atoms with van der Waals surface area (Å²) in [6.07, 6.45) is 0.724. The Morgan fingerprint density at radius 1 is 1.58 bits per heavy atom. The molecule has 0 aromatic heterocycles. The third-order valence-electron chi connectivity index (χ3n) is 2.59. The van der Waals surface area contributed by atoms with E-state index < -0.39 is 0 Å². The highest BCUT2D eigenvalue weighted by Gasteiger charge is 2.17. The Hall–Kier alpha value is -1.18. The van der Waals surface area contributed by atoms with Gasteiger partial charge in [0.05, 0.1) is 10.5 Å². The minimum absolute atomic E-state index is 0.178. The summed E-state index contributed by atoms with van der Waals surface area (Å²) in [5, 5.41) is 8.39. The number of nitrogens with two attached hydrogens (primary N) is 2. The highest BCUT2D eigenvalue weighted by molar-refractivity contribution is 9.10. The number of nitrogens with zero attached hydrogens (tertiary/aromatic N) is 2. The van der Waals surface area contributed by atoms with Gasteiger partial charge in [0.15, 0.2) is 0 Å². The second kappa shape index (κ2) is 7.42. The average Bonchev–Trinajstić information content (AvgIpc) is 2.33. The molecule has 0 spiro atoms. The van der Waals surface area contributed by atoms with E-state index in [4.69, 9.17) is 11.6 Å². The first-order valence-corrected chi connectivity index (χ1v) is 6.69. The third kappa shape index (κ3) is 4.77. The van der Waals surface area contributed by atoms with Crippen LogP contribution in [0.5, 0.6) is 0 Å². The van der Waals surface area contributed by atoms with Gasteiger partial charge in [0, 0.05) is 0 Å². The van der Waals surface area contributed by atoms with Crippen LogP contribution in [-0.4, -0.2) is 24.5 Å². The molecule has 1 unspecified atom stereocenters. The van der Waals surface area contributed by atoms with Gasteiger partial charge in [-0.15, -0.1) is 5.10 Å². The number of hydrazone groups is 1. The summed E-state index contributed by atoms with van der Waals surface area (Å²) in [6.45, 7) is 2.42. The van der Waals surface area contributed by atoms with E-state index in [-0.39, 0.29) is 11.9 Å². The number of nitrogens with one attached hydrogen (secondary N) is 1. The number of amidine groups is 1. The van der Waals surface area contributed by atoms with Crippen LogP contribution in [0.1, 0.15) is 24.9 Å². The van der Waals surface area contributed by atoms with Gasteiger partial charge in [-0.05, 0) is 60.6 Å². The lowest BCUT2D eigenvalue weighted by Crippen LogP contribution is -2.34. The van der Waals surface area contributed by atoms with Gasteiger partial charge in [-0.1, -0.05) is 6.07 Å². The number of hydrogen-bond acceptors (Lipinski definition) is 4. The van der Waals surface area contributed by atoms with E-state index in [9.17, 15) is 4.39 Å². The summed E-state index contributed by atoms with van der Waals surface area (Å²) in [4.78, 5) is 0. The van der Waals surface area contributed by atoms with Crippen LogP contribution < -0.4 is 16.9 Å². The zero-order valence-electron chi connectivity index (χ0n) is 11.0.